The van der Waals surface area contributed by atoms with E-state index >= 15 is 0 Å². The van der Waals surface area contributed by atoms with E-state index in [1.807, 2.05) is 43.3 Å². The van der Waals surface area contributed by atoms with Crippen molar-refractivity contribution >= 4 is 16.9 Å². The Morgan fingerprint density at radius 2 is 1.60 bits per heavy atom. The molecule has 0 radical (unpaired) electrons. The van der Waals surface area contributed by atoms with Gasteiger partial charge in [0, 0.05) is 12.1 Å². The van der Waals surface area contributed by atoms with E-state index in [-0.39, 0.29) is 17.4 Å². The van der Waals surface area contributed by atoms with Gasteiger partial charge in [-0.3, -0.25) is 4.79 Å². The van der Waals surface area contributed by atoms with Gasteiger partial charge in [-0.1, -0.05) is 45.0 Å². The average Bonchev–Trinajstić information content (AvgIpc) is 3.32. The highest BCUT2D eigenvalue weighted by atomic mass is 16.5. The number of hydrogen-bond acceptors (Lipinski definition) is 6. The molecular weight excluding hydrogens is 506 g/mol. The predicted octanol–water partition coefficient (Wildman–Crippen LogP) is 6.32. The Morgan fingerprint density at radius 3 is 2.20 bits per heavy atom. The predicted molar refractivity (Wildman–Crippen MR) is 157 cm³/mol. The van der Waals surface area contributed by atoms with Crippen LogP contribution in [0.5, 0.6) is 23.0 Å². The maximum atomic E-state index is 13.3. The second kappa shape index (κ2) is 12.3. The Hall–Kier alpha value is -4.20. The fourth-order valence-electron chi connectivity index (χ4n) is 4.68. The lowest BCUT2D eigenvalue weighted by molar-refractivity contribution is 0.0936. The summed E-state index contributed by atoms with van der Waals surface area (Å²) in [4.78, 5) is 18.1. The normalized spacial score (nSPS) is 12.2. The lowest BCUT2D eigenvalue weighted by Crippen LogP contribution is -2.29. The minimum Gasteiger partial charge on any atom is -0.494 e. The summed E-state index contributed by atoms with van der Waals surface area (Å²) in [6.07, 6.45) is 0.780. The molecule has 1 amide bonds. The quantitative estimate of drug-likeness (QED) is 0.222. The third-order valence-corrected chi connectivity index (χ3v) is 6.86. The summed E-state index contributed by atoms with van der Waals surface area (Å²) < 4.78 is 24.4. The summed E-state index contributed by atoms with van der Waals surface area (Å²) in [7, 11) is 4.57. The first-order valence-electron chi connectivity index (χ1n) is 13.5. The molecule has 40 heavy (non-hydrogen) atoms. The fourth-order valence-corrected chi connectivity index (χ4v) is 4.68. The minimum absolute atomic E-state index is 0.106. The zero-order valence-corrected chi connectivity index (χ0v) is 24.4. The summed E-state index contributed by atoms with van der Waals surface area (Å²) in [5.74, 6) is 2.63. The monoisotopic (exact) mass is 545 g/mol. The van der Waals surface area contributed by atoms with Gasteiger partial charge in [0.2, 0.25) is 5.75 Å². The summed E-state index contributed by atoms with van der Waals surface area (Å²) in [5.41, 5.74) is 3.67. The van der Waals surface area contributed by atoms with Gasteiger partial charge in [-0.15, -0.1) is 0 Å². The highest BCUT2D eigenvalue weighted by Gasteiger charge is 2.22. The standard InChI is InChI=1S/C32H39N3O5/c1-21(33-31(36)22-19-27(37-5)29(39-7)28(20-22)38-6)30-34-25-11-8-9-12-26(25)35(30)17-10-18-40-24-15-13-23(14-16-24)32(2,3)4/h8-9,11-16,19-21H,10,17-18H2,1-7H3,(H,33,36). The lowest BCUT2D eigenvalue weighted by atomic mass is 9.87. The molecule has 0 aliphatic carbocycles. The molecule has 0 saturated carbocycles. The molecule has 0 bridgehead atoms. The Balaban J connectivity index is 1.48. The number of nitrogens with zero attached hydrogens (tertiary/aromatic N) is 2. The molecule has 4 aromatic rings. The maximum absolute atomic E-state index is 13.3. The summed E-state index contributed by atoms with van der Waals surface area (Å²) >= 11 is 0. The number of rotatable bonds is 11. The van der Waals surface area contributed by atoms with Crippen LogP contribution in [-0.2, 0) is 12.0 Å². The number of carbonyl (C=O) groups excluding carboxylic acids is 1. The maximum Gasteiger partial charge on any atom is 0.252 e. The van der Waals surface area contributed by atoms with Gasteiger partial charge >= 0.3 is 0 Å². The SMILES string of the molecule is COc1cc(C(=O)NC(C)c2nc3ccccc3n2CCCOc2ccc(C(C)(C)C)cc2)cc(OC)c1OC. The first-order chi connectivity index (χ1) is 19.2. The molecule has 0 fully saturated rings. The van der Waals surface area contributed by atoms with Crippen LogP contribution in [0.4, 0.5) is 0 Å². The molecule has 4 rings (SSSR count). The number of carbonyl (C=O) groups is 1. The van der Waals surface area contributed by atoms with Crippen molar-refractivity contribution in [1.29, 1.82) is 0 Å². The molecule has 0 spiro atoms. The molecule has 8 nitrogen and oxygen atoms in total. The van der Waals surface area contributed by atoms with Crippen molar-refractivity contribution < 1.29 is 23.7 Å². The van der Waals surface area contributed by atoms with Crippen LogP contribution in [0.3, 0.4) is 0 Å². The van der Waals surface area contributed by atoms with Crippen LogP contribution in [0.2, 0.25) is 0 Å². The second-order valence-corrected chi connectivity index (χ2v) is 10.7. The van der Waals surface area contributed by atoms with Gasteiger partial charge in [-0.2, -0.15) is 0 Å². The van der Waals surface area contributed by atoms with Gasteiger partial charge in [-0.05, 0) is 60.7 Å². The number of imidazole rings is 1. The summed E-state index contributed by atoms with van der Waals surface area (Å²) in [6, 6.07) is 19.2. The van der Waals surface area contributed by atoms with Crippen LogP contribution < -0.4 is 24.3 Å². The van der Waals surface area contributed by atoms with Gasteiger partial charge in [0.25, 0.3) is 5.91 Å². The number of fused-ring (bicyclic) bond motifs is 1. The number of hydrogen-bond donors (Lipinski definition) is 1. The van der Waals surface area contributed by atoms with Crippen LogP contribution in [-0.4, -0.2) is 43.4 Å². The van der Waals surface area contributed by atoms with Gasteiger partial charge < -0.3 is 28.8 Å². The molecule has 1 unspecified atom stereocenters. The molecule has 3 aromatic carbocycles. The second-order valence-electron chi connectivity index (χ2n) is 10.7. The van der Waals surface area contributed by atoms with Crippen LogP contribution in [0.15, 0.2) is 60.7 Å². The number of benzene rings is 3. The number of ether oxygens (including phenoxy) is 4. The number of aryl methyl sites for hydroxylation is 1. The van der Waals surface area contributed by atoms with Crippen molar-refractivity contribution in [2.45, 2.75) is 52.1 Å². The van der Waals surface area contributed by atoms with Crippen LogP contribution in [0, 0.1) is 0 Å². The first-order valence-corrected chi connectivity index (χ1v) is 13.5. The highest BCUT2D eigenvalue weighted by molar-refractivity contribution is 5.96. The Labute approximate surface area is 236 Å². The van der Waals surface area contributed by atoms with Crippen LogP contribution >= 0.6 is 0 Å². The Bertz CT molecular complexity index is 1430. The fraction of sp³-hybridized carbons (Fsp3) is 0.375. The minimum atomic E-state index is -0.357. The van der Waals surface area contributed by atoms with E-state index in [1.165, 1.54) is 26.9 Å². The van der Waals surface area contributed by atoms with E-state index in [2.05, 4.69) is 42.8 Å². The average molecular weight is 546 g/mol. The van der Waals surface area contributed by atoms with E-state index < -0.39 is 0 Å². The van der Waals surface area contributed by atoms with E-state index in [0.717, 1.165) is 29.0 Å². The number of para-hydroxylation sites is 2. The highest BCUT2D eigenvalue weighted by Crippen LogP contribution is 2.38. The number of nitrogens with one attached hydrogen (secondary N) is 1. The third kappa shape index (κ3) is 6.33. The Kier molecular flexibility index (Phi) is 8.87. The molecule has 0 saturated heterocycles. The van der Waals surface area contributed by atoms with Crippen molar-refractivity contribution in [2.24, 2.45) is 0 Å². The van der Waals surface area contributed by atoms with Gasteiger partial charge in [0.15, 0.2) is 11.5 Å². The van der Waals surface area contributed by atoms with Gasteiger partial charge in [0.1, 0.15) is 11.6 Å². The topological polar surface area (TPSA) is 83.8 Å². The largest absolute Gasteiger partial charge is 0.494 e. The number of methoxy groups -OCH3 is 3. The zero-order valence-electron chi connectivity index (χ0n) is 24.4. The molecule has 0 aliphatic rings. The lowest BCUT2D eigenvalue weighted by Gasteiger charge is -2.19. The van der Waals surface area contributed by atoms with Gasteiger partial charge in [-0.25, -0.2) is 4.98 Å². The smallest absolute Gasteiger partial charge is 0.252 e. The molecule has 8 heteroatoms. The van der Waals surface area contributed by atoms with Crippen LogP contribution in [0.1, 0.15) is 61.9 Å². The molecule has 1 heterocycles. The summed E-state index contributed by atoms with van der Waals surface area (Å²) in [5, 5.41) is 3.08. The van der Waals surface area contributed by atoms with Crippen molar-refractivity contribution in [1.82, 2.24) is 14.9 Å². The van der Waals surface area contributed by atoms with Gasteiger partial charge in [0.05, 0.1) is 45.0 Å². The first kappa shape index (κ1) is 28.8. The molecule has 0 aliphatic heterocycles. The van der Waals surface area contributed by atoms with Crippen molar-refractivity contribution in [2.75, 3.05) is 27.9 Å². The van der Waals surface area contributed by atoms with Crippen molar-refractivity contribution in [3.8, 4) is 23.0 Å². The molecular formula is C32H39N3O5. The van der Waals surface area contributed by atoms with E-state index in [4.69, 9.17) is 23.9 Å². The zero-order chi connectivity index (χ0) is 28.9. The molecule has 1 aromatic heterocycles. The number of amides is 1. The van der Waals surface area contributed by atoms with E-state index in [1.54, 1.807) is 12.1 Å². The number of aromatic nitrogens is 2. The molecule has 212 valence electrons. The van der Waals surface area contributed by atoms with Crippen molar-refractivity contribution in [3.05, 3.63) is 77.6 Å². The van der Waals surface area contributed by atoms with E-state index in [0.29, 0.717) is 36.0 Å². The molecule has 1 N–H and O–H groups in total. The van der Waals surface area contributed by atoms with Crippen LogP contribution in [0.25, 0.3) is 11.0 Å². The molecule has 1 atom stereocenters. The van der Waals surface area contributed by atoms with Crippen molar-refractivity contribution in [3.63, 3.8) is 0 Å². The summed E-state index contributed by atoms with van der Waals surface area (Å²) in [6.45, 7) is 9.78. The van der Waals surface area contributed by atoms with E-state index in [9.17, 15) is 4.79 Å². The third-order valence-electron chi connectivity index (χ3n) is 6.86. The Morgan fingerprint density at radius 1 is 0.950 bits per heavy atom.